The zero-order chi connectivity index (χ0) is 22.8. The van der Waals surface area contributed by atoms with Gasteiger partial charge in [0, 0.05) is 27.9 Å². The minimum Gasteiger partial charge on any atom is -0.398 e. The number of para-hydroxylation sites is 1. The lowest BCUT2D eigenvalue weighted by Gasteiger charge is -2.32. The number of hydrogen-bond acceptors (Lipinski definition) is 4. The van der Waals surface area contributed by atoms with Gasteiger partial charge in [-0.05, 0) is 50.6 Å². The Bertz CT molecular complexity index is 1490. The van der Waals surface area contributed by atoms with Crippen molar-refractivity contribution in [2.24, 2.45) is 0 Å². The number of fused-ring (bicyclic) bond motifs is 5. The molecule has 0 bridgehead atoms. The topological polar surface area (TPSA) is 44.2 Å². The Kier molecular flexibility index (Phi) is 4.38. The van der Waals surface area contributed by atoms with Gasteiger partial charge in [-0.3, -0.25) is 4.98 Å². The van der Waals surface area contributed by atoms with E-state index in [1.54, 1.807) is 0 Å². The lowest BCUT2D eigenvalue weighted by atomic mass is 9.84. The molecule has 0 N–H and O–H groups in total. The Morgan fingerprint density at radius 2 is 1.39 bits per heavy atom. The first-order valence-corrected chi connectivity index (χ1v) is 11.4. The van der Waals surface area contributed by atoms with Gasteiger partial charge in [0.05, 0.1) is 28.0 Å². The molecule has 0 spiro atoms. The van der Waals surface area contributed by atoms with Gasteiger partial charge >= 0.3 is 7.12 Å². The molecular weight excluding hydrogens is 407 g/mol. The predicted molar refractivity (Wildman–Crippen MR) is 136 cm³/mol. The highest BCUT2D eigenvalue weighted by Crippen LogP contribution is 2.38. The lowest BCUT2D eigenvalue weighted by molar-refractivity contribution is 0.00578. The molecule has 0 radical (unpaired) electrons. The van der Waals surface area contributed by atoms with E-state index in [4.69, 9.17) is 19.3 Å². The fourth-order valence-corrected chi connectivity index (χ4v) is 4.59. The molecule has 6 rings (SSSR count). The van der Waals surface area contributed by atoms with Crippen molar-refractivity contribution < 1.29 is 9.31 Å². The van der Waals surface area contributed by atoms with Gasteiger partial charge in [-0.15, -0.1) is 0 Å². The van der Waals surface area contributed by atoms with Gasteiger partial charge in [0.1, 0.15) is 0 Å². The predicted octanol–water partition coefficient (Wildman–Crippen LogP) is 5.90. The maximum atomic E-state index is 6.17. The normalized spacial score (nSPS) is 17.3. The molecule has 0 unspecified atom stereocenters. The van der Waals surface area contributed by atoms with Crippen LogP contribution in [0.25, 0.3) is 43.7 Å². The molecule has 5 heteroatoms. The van der Waals surface area contributed by atoms with Crippen LogP contribution in [0.4, 0.5) is 0 Å². The third-order valence-electron chi connectivity index (χ3n) is 7.14. The summed E-state index contributed by atoms with van der Waals surface area (Å²) in [4.78, 5) is 9.78. The highest BCUT2D eigenvalue weighted by molar-refractivity contribution is 6.61. The second kappa shape index (κ2) is 7.11. The molecule has 2 aromatic heterocycles. The van der Waals surface area contributed by atoms with Crippen molar-refractivity contribution in [3.05, 3.63) is 79.0 Å². The van der Waals surface area contributed by atoms with Crippen LogP contribution in [0.15, 0.2) is 79.0 Å². The second-order valence-electron chi connectivity index (χ2n) is 9.75. The number of nitrogens with zero attached hydrogens (tertiary/aromatic N) is 2. The SMILES string of the molecule is CC1(C)OB(c2ccc(-c3nc4ccccc4c4c3ccc3ccccc34)cn2)OC1(C)C. The third kappa shape index (κ3) is 3.15. The van der Waals surface area contributed by atoms with Crippen LogP contribution in [-0.4, -0.2) is 28.3 Å². The highest BCUT2D eigenvalue weighted by atomic mass is 16.7. The Hall–Kier alpha value is -3.28. The molecule has 3 heterocycles. The second-order valence-corrected chi connectivity index (χ2v) is 9.75. The van der Waals surface area contributed by atoms with Gasteiger partial charge < -0.3 is 9.31 Å². The van der Waals surface area contributed by atoms with Crippen molar-refractivity contribution in [2.45, 2.75) is 38.9 Å². The van der Waals surface area contributed by atoms with Gasteiger partial charge in [-0.25, -0.2) is 4.98 Å². The van der Waals surface area contributed by atoms with E-state index in [0.717, 1.165) is 33.1 Å². The largest absolute Gasteiger partial charge is 0.514 e. The van der Waals surface area contributed by atoms with Gasteiger partial charge in [0.25, 0.3) is 0 Å². The summed E-state index contributed by atoms with van der Waals surface area (Å²) in [6.45, 7) is 8.21. The van der Waals surface area contributed by atoms with Crippen LogP contribution in [0.2, 0.25) is 0 Å². The molecule has 4 nitrogen and oxygen atoms in total. The summed E-state index contributed by atoms with van der Waals surface area (Å²) in [5, 5.41) is 5.97. The van der Waals surface area contributed by atoms with E-state index < -0.39 is 18.3 Å². The number of pyridine rings is 2. The van der Waals surface area contributed by atoms with Crippen molar-refractivity contribution in [2.75, 3.05) is 0 Å². The first kappa shape index (κ1) is 20.3. The fourth-order valence-electron chi connectivity index (χ4n) is 4.59. The van der Waals surface area contributed by atoms with Gasteiger partial charge in [-0.1, -0.05) is 60.7 Å². The van der Waals surface area contributed by atoms with E-state index in [1.165, 1.54) is 16.2 Å². The van der Waals surface area contributed by atoms with E-state index in [-0.39, 0.29) is 0 Å². The molecule has 1 saturated heterocycles. The zero-order valence-electron chi connectivity index (χ0n) is 19.3. The van der Waals surface area contributed by atoms with E-state index in [1.807, 2.05) is 18.3 Å². The molecule has 0 amide bonds. The average Bonchev–Trinajstić information content (AvgIpc) is 3.05. The van der Waals surface area contributed by atoms with Crippen molar-refractivity contribution in [1.29, 1.82) is 0 Å². The summed E-state index contributed by atoms with van der Waals surface area (Å²) in [6, 6.07) is 25.3. The summed E-state index contributed by atoms with van der Waals surface area (Å²) in [6.07, 6.45) is 1.88. The highest BCUT2D eigenvalue weighted by Gasteiger charge is 2.52. The molecule has 33 heavy (non-hydrogen) atoms. The van der Waals surface area contributed by atoms with Crippen LogP contribution < -0.4 is 5.59 Å². The molecule has 0 atom stereocenters. The minimum absolute atomic E-state index is 0.394. The first-order chi connectivity index (χ1) is 15.8. The van der Waals surface area contributed by atoms with E-state index >= 15 is 0 Å². The van der Waals surface area contributed by atoms with Crippen LogP contribution in [0, 0.1) is 0 Å². The molecule has 1 aliphatic heterocycles. The van der Waals surface area contributed by atoms with Gasteiger partial charge in [0.2, 0.25) is 0 Å². The Morgan fingerprint density at radius 1 is 0.697 bits per heavy atom. The molecule has 1 aliphatic rings. The Labute approximate surface area is 193 Å². The summed E-state index contributed by atoms with van der Waals surface area (Å²) in [7, 11) is -0.477. The van der Waals surface area contributed by atoms with Crippen molar-refractivity contribution in [3.8, 4) is 11.3 Å². The van der Waals surface area contributed by atoms with Crippen LogP contribution in [0.3, 0.4) is 0 Å². The number of aromatic nitrogens is 2. The molecule has 3 aromatic carbocycles. The summed E-state index contributed by atoms with van der Waals surface area (Å²) in [5.41, 5.74) is 2.87. The minimum atomic E-state index is -0.477. The third-order valence-corrected chi connectivity index (χ3v) is 7.14. The first-order valence-electron chi connectivity index (χ1n) is 11.4. The van der Waals surface area contributed by atoms with Crippen molar-refractivity contribution in [3.63, 3.8) is 0 Å². The maximum absolute atomic E-state index is 6.17. The monoisotopic (exact) mass is 432 g/mol. The van der Waals surface area contributed by atoms with E-state index in [0.29, 0.717) is 0 Å². The Morgan fingerprint density at radius 3 is 2.12 bits per heavy atom. The molecular formula is C28H25BN2O2. The van der Waals surface area contributed by atoms with Crippen LogP contribution >= 0.6 is 0 Å². The smallest absolute Gasteiger partial charge is 0.398 e. The summed E-state index contributed by atoms with van der Waals surface area (Å²) >= 11 is 0. The number of rotatable bonds is 2. The average molecular weight is 432 g/mol. The lowest BCUT2D eigenvalue weighted by Crippen LogP contribution is -2.41. The zero-order valence-corrected chi connectivity index (χ0v) is 19.3. The molecule has 0 aliphatic carbocycles. The van der Waals surface area contributed by atoms with Crippen molar-refractivity contribution >= 4 is 45.2 Å². The molecule has 162 valence electrons. The Balaban J connectivity index is 1.51. The van der Waals surface area contributed by atoms with Crippen molar-refractivity contribution in [1.82, 2.24) is 9.97 Å². The summed E-state index contributed by atoms with van der Waals surface area (Å²) < 4.78 is 12.3. The fraction of sp³-hybridized carbons (Fsp3) is 0.214. The number of hydrogen-bond donors (Lipinski definition) is 0. The maximum Gasteiger partial charge on any atom is 0.514 e. The molecule has 0 saturated carbocycles. The van der Waals surface area contributed by atoms with Crippen LogP contribution in [0.1, 0.15) is 27.7 Å². The van der Waals surface area contributed by atoms with Crippen LogP contribution in [0.5, 0.6) is 0 Å². The standard InChI is InChI=1S/C28H25BN2O2/c1-27(2)28(3,4)33-29(32-27)24-16-14-19(17-30-24)26-22-15-13-18-9-5-6-10-20(18)25(22)21-11-7-8-12-23(21)31-26/h5-17H,1-4H3. The van der Waals surface area contributed by atoms with E-state index in [2.05, 4.69) is 88.4 Å². The van der Waals surface area contributed by atoms with E-state index in [9.17, 15) is 0 Å². The molecule has 1 fully saturated rings. The van der Waals surface area contributed by atoms with Gasteiger partial charge in [0.15, 0.2) is 0 Å². The molecule has 5 aromatic rings. The van der Waals surface area contributed by atoms with Crippen LogP contribution in [-0.2, 0) is 9.31 Å². The quantitative estimate of drug-likeness (QED) is 0.257. The number of benzene rings is 3. The summed E-state index contributed by atoms with van der Waals surface area (Å²) in [5.74, 6) is 0. The van der Waals surface area contributed by atoms with Gasteiger partial charge in [-0.2, -0.15) is 0 Å².